The molecule has 0 aliphatic carbocycles. The van der Waals surface area contributed by atoms with Crippen LogP contribution in [0.3, 0.4) is 0 Å². The molecule has 2 aromatic rings. The van der Waals surface area contributed by atoms with E-state index in [1.54, 1.807) is 12.1 Å². The van der Waals surface area contributed by atoms with Crippen LogP contribution in [0, 0.1) is 11.3 Å². The Morgan fingerprint density at radius 3 is 2.68 bits per heavy atom. The molecule has 0 bridgehead atoms. The van der Waals surface area contributed by atoms with Crippen LogP contribution in [-0.2, 0) is 10.3 Å². The number of rotatable bonds is 2. The first-order chi connectivity index (χ1) is 10.6. The predicted molar refractivity (Wildman–Crippen MR) is 88.1 cm³/mol. The average Bonchev–Trinajstić information content (AvgIpc) is 2.55. The second-order valence-electron chi connectivity index (χ2n) is 5.61. The van der Waals surface area contributed by atoms with E-state index in [9.17, 15) is 5.26 Å². The highest BCUT2D eigenvalue weighted by atomic mass is 35.5. The Balaban J connectivity index is 1.96. The highest BCUT2D eigenvalue weighted by molar-refractivity contribution is 6.33. The van der Waals surface area contributed by atoms with Gasteiger partial charge in [-0.05, 0) is 24.6 Å². The van der Waals surface area contributed by atoms with Crippen LogP contribution >= 0.6 is 11.6 Å². The van der Waals surface area contributed by atoms with Crippen LogP contribution < -0.4 is 4.90 Å². The van der Waals surface area contributed by atoms with Crippen LogP contribution in [0.4, 0.5) is 5.69 Å². The predicted octanol–water partition coefficient (Wildman–Crippen LogP) is 3.96. The molecule has 0 spiro atoms. The first kappa shape index (κ1) is 14.9. The summed E-state index contributed by atoms with van der Waals surface area (Å²) in [5, 5.41) is 9.96. The van der Waals surface area contributed by atoms with E-state index in [0.717, 1.165) is 17.8 Å². The summed E-state index contributed by atoms with van der Waals surface area (Å²) in [7, 11) is 0. The summed E-state index contributed by atoms with van der Waals surface area (Å²) in [5.74, 6) is 0. The van der Waals surface area contributed by atoms with E-state index in [2.05, 4.69) is 30.0 Å². The van der Waals surface area contributed by atoms with Crippen LogP contribution in [-0.4, -0.2) is 19.7 Å². The van der Waals surface area contributed by atoms with E-state index in [-0.39, 0.29) is 0 Å². The molecule has 1 saturated heterocycles. The molecule has 0 saturated carbocycles. The van der Waals surface area contributed by atoms with Crippen LogP contribution in [0.25, 0.3) is 0 Å². The minimum atomic E-state index is -0.411. The zero-order valence-electron chi connectivity index (χ0n) is 12.4. The van der Waals surface area contributed by atoms with Gasteiger partial charge in [-0.3, -0.25) is 0 Å². The normalized spacial score (nSPS) is 21.4. The van der Waals surface area contributed by atoms with Crippen molar-refractivity contribution in [1.29, 1.82) is 5.26 Å². The van der Waals surface area contributed by atoms with Crippen molar-refractivity contribution in [2.45, 2.75) is 12.5 Å². The summed E-state index contributed by atoms with van der Waals surface area (Å²) in [6, 6.07) is 17.8. The van der Waals surface area contributed by atoms with Gasteiger partial charge < -0.3 is 9.64 Å². The molecule has 2 aromatic carbocycles. The maximum absolute atomic E-state index is 9.35. The lowest BCUT2D eigenvalue weighted by atomic mass is 9.93. The van der Waals surface area contributed by atoms with Crippen molar-refractivity contribution in [3.63, 3.8) is 0 Å². The van der Waals surface area contributed by atoms with E-state index in [1.807, 2.05) is 24.3 Å². The van der Waals surface area contributed by atoms with Gasteiger partial charge in [-0.2, -0.15) is 5.26 Å². The molecule has 0 N–H and O–H groups in total. The Labute approximate surface area is 135 Å². The molecule has 4 heteroatoms. The fourth-order valence-electron chi connectivity index (χ4n) is 2.95. The number of nitrogens with zero attached hydrogens (tertiary/aromatic N) is 2. The van der Waals surface area contributed by atoms with Crippen LogP contribution in [0.15, 0.2) is 48.5 Å². The molecule has 0 amide bonds. The van der Waals surface area contributed by atoms with Gasteiger partial charge in [0.2, 0.25) is 0 Å². The van der Waals surface area contributed by atoms with Gasteiger partial charge in [0.15, 0.2) is 0 Å². The Kier molecular flexibility index (Phi) is 4.06. The zero-order valence-corrected chi connectivity index (χ0v) is 13.2. The Morgan fingerprint density at radius 1 is 1.18 bits per heavy atom. The highest BCUT2D eigenvalue weighted by Crippen LogP contribution is 2.36. The molecule has 112 valence electrons. The van der Waals surface area contributed by atoms with Crippen molar-refractivity contribution < 1.29 is 4.74 Å². The Bertz CT molecular complexity index is 711. The van der Waals surface area contributed by atoms with Crippen LogP contribution in [0.1, 0.15) is 18.1 Å². The number of nitriles is 1. The summed E-state index contributed by atoms with van der Waals surface area (Å²) in [6.45, 7) is 4.06. The smallest absolute Gasteiger partial charge is 0.108 e. The lowest BCUT2D eigenvalue weighted by molar-refractivity contribution is -0.0465. The number of ether oxygens (including phenoxy) is 1. The Morgan fingerprint density at radius 2 is 1.95 bits per heavy atom. The van der Waals surface area contributed by atoms with Gasteiger partial charge in [-0.25, -0.2) is 0 Å². The number of para-hydroxylation sites is 1. The molecular formula is C18H17ClN2O. The molecule has 1 aliphatic rings. The average molecular weight is 313 g/mol. The van der Waals surface area contributed by atoms with Gasteiger partial charge in [0.25, 0.3) is 0 Å². The minimum absolute atomic E-state index is 0.411. The molecule has 3 nitrogen and oxygen atoms in total. The van der Waals surface area contributed by atoms with E-state index >= 15 is 0 Å². The molecule has 0 aromatic heterocycles. The topological polar surface area (TPSA) is 36.3 Å². The first-order valence-electron chi connectivity index (χ1n) is 7.27. The summed E-state index contributed by atoms with van der Waals surface area (Å²) in [5.41, 5.74) is 2.12. The Hall–Kier alpha value is -2.02. The van der Waals surface area contributed by atoms with E-state index in [1.165, 1.54) is 0 Å². The highest BCUT2D eigenvalue weighted by Gasteiger charge is 2.35. The molecule has 1 aliphatic heterocycles. The third-order valence-electron chi connectivity index (χ3n) is 4.08. The first-order valence-corrected chi connectivity index (χ1v) is 7.65. The fourth-order valence-corrected chi connectivity index (χ4v) is 3.25. The fraction of sp³-hybridized carbons (Fsp3) is 0.278. The molecular weight excluding hydrogens is 296 g/mol. The van der Waals surface area contributed by atoms with E-state index in [0.29, 0.717) is 23.7 Å². The molecule has 3 rings (SSSR count). The molecule has 1 unspecified atom stereocenters. The largest absolute Gasteiger partial charge is 0.367 e. The number of benzene rings is 2. The van der Waals surface area contributed by atoms with Gasteiger partial charge in [-0.15, -0.1) is 0 Å². The summed E-state index contributed by atoms with van der Waals surface area (Å²) < 4.78 is 6.05. The zero-order chi connectivity index (χ0) is 15.6. The molecule has 1 heterocycles. The maximum atomic E-state index is 9.35. The van der Waals surface area contributed by atoms with Crippen LogP contribution in [0.2, 0.25) is 5.02 Å². The summed E-state index contributed by atoms with van der Waals surface area (Å²) in [6.07, 6.45) is 0. The molecule has 1 atom stereocenters. The van der Waals surface area contributed by atoms with Crippen molar-refractivity contribution in [3.05, 3.63) is 64.7 Å². The monoisotopic (exact) mass is 312 g/mol. The van der Waals surface area contributed by atoms with Gasteiger partial charge in [0.1, 0.15) is 11.7 Å². The lowest BCUT2D eigenvalue weighted by Gasteiger charge is -2.42. The molecule has 1 fully saturated rings. The van der Waals surface area contributed by atoms with Gasteiger partial charge in [-0.1, -0.05) is 48.0 Å². The number of morpholine rings is 1. The number of hydrogen-bond acceptors (Lipinski definition) is 3. The van der Waals surface area contributed by atoms with Gasteiger partial charge in [0.05, 0.1) is 29.4 Å². The standard InChI is InChI=1S/C18H17ClN2O/c1-18(15-7-3-2-4-8-15)13-21(10-11-22-18)17-14(12-20)6-5-9-16(17)19/h2-9H,10-11,13H2,1H3. The SMILES string of the molecule is CC1(c2ccccc2)CN(c2c(Cl)cccc2C#N)CCO1. The van der Waals surface area contributed by atoms with Crippen molar-refractivity contribution in [1.82, 2.24) is 0 Å². The third-order valence-corrected chi connectivity index (χ3v) is 4.39. The molecule has 22 heavy (non-hydrogen) atoms. The maximum Gasteiger partial charge on any atom is 0.108 e. The second kappa shape index (κ2) is 6.00. The minimum Gasteiger partial charge on any atom is -0.367 e. The number of halogens is 1. The van der Waals surface area contributed by atoms with Crippen molar-refractivity contribution in [2.24, 2.45) is 0 Å². The summed E-state index contributed by atoms with van der Waals surface area (Å²) >= 11 is 6.35. The van der Waals surface area contributed by atoms with Gasteiger partial charge >= 0.3 is 0 Å². The van der Waals surface area contributed by atoms with Crippen molar-refractivity contribution >= 4 is 17.3 Å². The van der Waals surface area contributed by atoms with Crippen molar-refractivity contribution in [3.8, 4) is 6.07 Å². The van der Waals surface area contributed by atoms with E-state index < -0.39 is 5.60 Å². The lowest BCUT2D eigenvalue weighted by Crippen LogP contribution is -2.48. The van der Waals surface area contributed by atoms with E-state index in [4.69, 9.17) is 16.3 Å². The van der Waals surface area contributed by atoms with Crippen molar-refractivity contribution in [2.75, 3.05) is 24.6 Å². The quantitative estimate of drug-likeness (QED) is 0.842. The van der Waals surface area contributed by atoms with Crippen LogP contribution in [0.5, 0.6) is 0 Å². The summed E-state index contributed by atoms with van der Waals surface area (Å²) in [4.78, 5) is 2.15. The second-order valence-corrected chi connectivity index (χ2v) is 6.02. The van der Waals surface area contributed by atoms with Gasteiger partial charge in [0, 0.05) is 6.54 Å². The number of hydrogen-bond donors (Lipinski definition) is 0. The number of anilines is 1. The molecule has 0 radical (unpaired) electrons. The third kappa shape index (κ3) is 2.68.